The van der Waals surface area contributed by atoms with Gasteiger partial charge in [0.05, 0.1) is 0 Å². The topological polar surface area (TPSA) is 38.2 Å². The van der Waals surface area contributed by atoms with E-state index in [4.69, 9.17) is 16.3 Å². The van der Waals surface area contributed by atoms with Gasteiger partial charge in [-0.25, -0.2) is 4.98 Å². The van der Waals surface area contributed by atoms with Crippen molar-refractivity contribution in [2.24, 2.45) is 0 Å². The van der Waals surface area contributed by atoms with Gasteiger partial charge in [0.25, 0.3) is 0 Å². The molecule has 0 saturated carbocycles. The molecule has 0 aliphatic carbocycles. The van der Waals surface area contributed by atoms with E-state index in [2.05, 4.69) is 45.2 Å². The molecule has 0 atom stereocenters. The third kappa shape index (κ3) is 5.34. The van der Waals surface area contributed by atoms with Crippen molar-refractivity contribution in [3.63, 3.8) is 0 Å². The second-order valence-corrected chi connectivity index (χ2v) is 7.99. The highest BCUT2D eigenvalue weighted by Gasteiger charge is 2.20. The van der Waals surface area contributed by atoms with E-state index in [0.717, 1.165) is 30.9 Å². The van der Waals surface area contributed by atoms with Crippen LogP contribution in [0, 0.1) is 6.92 Å². The molecule has 0 bridgehead atoms. The lowest BCUT2D eigenvalue weighted by molar-refractivity contribution is 0.171. The molecule has 29 heavy (non-hydrogen) atoms. The first kappa shape index (κ1) is 19.9. The van der Waals surface area contributed by atoms with Crippen LogP contribution in [0.2, 0.25) is 5.02 Å². The van der Waals surface area contributed by atoms with Crippen LogP contribution in [0.15, 0.2) is 60.7 Å². The van der Waals surface area contributed by atoms with Crippen molar-refractivity contribution in [1.82, 2.24) is 14.9 Å². The van der Waals surface area contributed by atoms with Crippen molar-refractivity contribution in [2.75, 3.05) is 26.2 Å². The van der Waals surface area contributed by atoms with Crippen LogP contribution in [0.25, 0.3) is 11.4 Å². The number of likely N-dealkylation sites (tertiary alicyclic amines) is 1. The molecule has 1 aromatic heterocycles. The summed E-state index contributed by atoms with van der Waals surface area (Å²) in [7, 11) is 0. The van der Waals surface area contributed by atoms with Crippen LogP contribution in [-0.4, -0.2) is 41.1 Å². The van der Waals surface area contributed by atoms with E-state index in [1.54, 1.807) is 0 Å². The largest absolute Gasteiger partial charge is 0.476 e. The lowest BCUT2D eigenvalue weighted by atomic mass is 9.89. The summed E-state index contributed by atoms with van der Waals surface area (Å²) in [6.07, 6.45) is 2.41. The molecule has 2 aromatic carbocycles. The average Bonchev–Trinajstić information content (AvgIpc) is 2.75. The highest BCUT2D eigenvalue weighted by atomic mass is 35.5. The molecule has 4 rings (SSSR count). The summed E-state index contributed by atoms with van der Waals surface area (Å²) < 4.78 is 5.97. The van der Waals surface area contributed by atoms with Crippen LogP contribution in [0.3, 0.4) is 0 Å². The van der Waals surface area contributed by atoms with Gasteiger partial charge in [0.15, 0.2) is 5.82 Å². The Labute approximate surface area is 177 Å². The second kappa shape index (κ2) is 9.38. The molecule has 2 heterocycles. The summed E-state index contributed by atoms with van der Waals surface area (Å²) in [5, 5.41) is 0.703. The maximum atomic E-state index is 5.98. The highest BCUT2D eigenvalue weighted by Crippen LogP contribution is 2.27. The SMILES string of the molecule is Cc1cc(OCCN2CCC(c3ccccc3)CC2)nc(-c2ccc(Cl)cc2)n1. The number of piperidine rings is 1. The number of hydrogen-bond acceptors (Lipinski definition) is 4. The van der Waals surface area contributed by atoms with Crippen LogP contribution in [-0.2, 0) is 0 Å². The molecule has 0 radical (unpaired) electrons. The quantitative estimate of drug-likeness (QED) is 0.551. The van der Waals surface area contributed by atoms with Crippen molar-refractivity contribution < 1.29 is 4.74 Å². The van der Waals surface area contributed by atoms with Crippen molar-refractivity contribution in [3.8, 4) is 17.3 Å². The van der Waals surface area contributed by atoms with Gasteiger partial charge in [0.2, 0.25) is 5.88 Å². The van der Waals surface area contributed by atoms with Crippen molar-refractivity contribution in [2.45, 2.75) is 25.7 Å². The molecule has 1 aliphatic rings. The predicted molar refractivity (Wildman–Crippen MR) is 118 cm³/mol. The molecule has 5 heteroatoms. The molecule has 1 saturated heterocycles. The second-order valence-electron chi connectivity index (χ2n) is 7.55. The Kier molecular flexibility index (Phi) is 6.43. The standard InChI is InChI=1S/C24H26ClN3O/c1-18-17-23(27-24(26-18)21-7-9-22(25)10-8-21)29-16-15-28-13-11-20(12-14-28)19-5-3-2-4-6-19/h2-10,17,20H,11-16H2,1H3. The van der Waals surface area contributed by atoms with Crippen LogP contribution in [0.5, 0.6) is 5.88 Å². The normalized spacial score (nSPS) is 15.4. The van der Waals surface area contributed by atoms with E-state index >= 15 is 0 Å². The molecule has 0 spiro atoms. The number of ether oxygens (including phenoxy) is 1. The summed E-state index contributed by atoms with van der Waals surface area (Å²) in [5.74, 6) is 1.97. The number of nitrogens with zero attached hydrogens (tertiary/aromatic N) is 3. The van der Waals surface area contributed by atoms with Crippen LogP contribution >= 0.6 is 11.6 Å². The number of aromatic nitrogens is 2. The van der Waals surface area contributed by atoms with E-state index < -0.39 is 0 Å². The average molecular weight is 408 g/mol. The fraction of sp³-hybridized carbons (Fsp3) is 0.333. The molecular formula is C24H26ClN3O. The molecule has 1 aliphatic heterocycles. The Morgan fingerprint density at radius 1 is 1.00 bits per heavy atom. The van der Waals surface area contributed by atoms with Crippen molar-refractivity contribution in [1.29, 1.82) is 0 Å². The molecule has 0 amide bonds. The fourth-order valence-corrected chi connectivity index (χ4v) is 3.96. The van der Waals surface area contributed by atoms with E-state index in [-0.39, 0.29) is 0 Å². The maximum Gasteiger partial charge on any atom is 0.217 e. The molecule has 0 N–H and O–H groups in total. The summed E-state index contributed by atoms with van der Waals surface area (Å²) in [6.45, 7) is 5.74. The third-order valence-corrected chi connectivity index (χ3v) is 5.70. The zero-order valence-electron chi connectivity index (χ0n) is 16.7. The molecule has 1 fully saturated rings. The first-order chi connectivity index (χ1) is 14.2. The van der Waals surface area contributed by atoms with Crippen LogP contribution in [0.4, 0.5) is 0 Å². The maximum absolute atomic E-state index is 5.98. The van der Waals surface area contributed by atoms with Gasteiger partial charge in [0.1, 0.15) is 6.61 Å². The molecular weight excluding hydrogens is 382 g/mol. The first-order valence-electron chi connectivity index (χ1n) is 10.2. The zero-order valence-corrected chi connectivity index (χ0v) is 17.5. The fourth-order valence-electron chi connectivity index (χ4n) is 3.84. The minimum Gasteiger partial charge on any atom is -0.476 e. The van der Waals surface area contributed by atoms with Gasteiger partial charge >= 0.3 is 0 Å². The Hall–Kier alpha value is -2.43. The number of benzene rings is 2. The Balaban J connectivity index is 1.29. The number of aryl methyl sites for hydroxylation is 1. The predicted octanol–water partition coefficient (Wildman–Crippen LogP) is 5.36. The molecule has 0 unspecified atom stereocenters. The molecule has 150 valence electrons. The highest BCUT2D eigenvalue weighted by molar-refractivity contribution is 6.30. The summed E-state index contributed by atoms with van der Waals surface area (Å²) in [4.78, 5) is 11.6. The monoisotopic (exact) mass is 407 g/mol. The Morgan fingerprint density at radius 3 is 2.45 bits per heavy atom. The van der Waals surface area contributed by atoms with E-state index in [9.17, 15) is 0 Å². The molecule has 4 nitrogen and oxygen atoms in total. The van der Waals surface area contributed by atoms with Crippen molar-refractivity contribution >= 4 is 11.6 Å². The summed E-state index contributed by atoms with van der Waals surface area (Å²) in [5.41, 5.74) is 3.30. The van der Waals surface area contributed by atoms with Crippen LogP contribution < -0.4 is 4.74 Å². The molecule has 3 aromatic rings. The van der Waals surface area contributed by atoms with E-state index in [0.29, 0.717) is 29.3 Å². The third-order valence-electron chi connectivity index (χ3n) is 5.45. The minimum atomic E-state index is 0.627. The Bertz CT molecular complexity index is 923. The van der Waals surface area contributed by atoms with Gasteiger partial charge in [-0.05, 0) is 68.6 Å². The van der Waals surface area contributed by atoms with Gasteiger partial charge in [0, 0.05) is 28.9 Å². The van der Waals surface area contributed by atoms with Gasteiger partial charge in [-0.2, -0.15) is 4.98 Å². The van der Waals surface area contributed by atoms with Gasteiger partial charge in [-0.1, -0.05) is 41.9 Å². The number of hydrogen-bond donors (Lipinski definition) is 0. The Morgan fingerprint density at radius 2 is 1.72 bits per heavy atom. The van der Waals surface area contributed by atoms with Gasteiger partial charge in [-0.15, -0.1) is 0 Å². The number of halogens is 1. The number of rotatable bonds is 6. The van der Waals surface area contributed by atoms with E-state index in [1.807, 2.05) is 37.3 Å². The summed E-state index contributed by atoms with van der Waals surface area (Å²) in [6, 6.07) is 20.3. The zero-order chi connectivity index (χ0) is 20.1. The van der Waals surface area contributed by atoms with Crippen molar-refractivity contribution in [3.05, 3.63) is 76.9 Å². The summed E-state index contributed by atoms with van der Waals surface area (Å²) >= 11 is 5.98. The van der Waals surface area contributed by atoms with E-state index in [1.165, 1.54) is 18.4 Å². The first-order valence-corrected chi connectivity index (χ1v) is 10.6. The lowest BCUT2D eigenvalue weighted by Gasteiger charge is -2.32. The lowest BCUT2D eigenvalue weighted by Crippen LogP contribution is -2.35. The smallest absolute Gasteiger partial charge is 0.217 e. The van der Waals surface area contributed by atoms with Gasteiger partial charge in [-0.3, -0.25) is 4.90 Å². The minimum absolute atomic E-state index is 0.627. The van der Waals surface area contributed by atoms with Gasteiger partial charge < -0.3 is 4.74 Å². The van der Waals surface area contributed by atoms with Crippen LogP contribution in [0.1, 0.15) is 30.0 Å².